The second kappa shape index (κ2) is 6.67. The van der Waals surface area contributed by atoms with Crippen molar-refractivity contribution in [3.8, 4) is 0 Å². The molecule has 1 rings (SSSR count). The molecule has 0 aromatic carbocycles. The van der Waals surface area contributed by atoms with Gasteiger partial charge >= 0.3 is 0 Å². The van der Waals surface area contributed by atoms with Crippen molar-refractivity contribution in [3.05, 3.63) is 24.5 Å². The molecule has 0 spiro atoms. The Hall–Kier alpha value is -0.760. The van der Waals surface area contributed by atoms with Crippen molar-refractivity contribution in [1.82, 2.24) is 9.47 Å². The Kier molecular flexibility index (Phi) is 5.48. The Balaban J connectivity index is 2.20. The first-order valence-electron chi connectivity index (χ1n) is 6.12. The van der Waals surface area contributed by atoms with Gasteiger partial charge in [-0.3, -0.25) is 0 Å². The Morgan fingerprint density at radius 1 is 1.13 bits per heavy atom. The topological polar surface area (TPSA) is 8.17 Å². The van der Waals surface area contributed by atoms with Crippen LogP contribution in [-0.4, -0.2) is 29.1 Å². The molecule has 0 amide bonds. The van der Waals surface area contributed by atoms with Crippen molar-refractivity contribution >= 4 is 0 Å². The second-order valence-corrected chi connectivity index (χ2v) is 4.15. The molecule has 1 heterocycles. The molecular weight excluding hydrogens is 184 g/mol. The maximum atomic E-state index is 2.49. The molecule has 15 heavy (non-hydrogen) atoms. The highest BCUT2D eigenvalue weighted by atomic mass is 15.1. The van der Waals surface area contributed by atoms with Crippen LogP contribution in [0.4, 0.5) is 0 Å². The van der Waals surface area contributed by atoms with E-state index in [1.54, 1.807) is 0 Å². The molecule has 0 saturated heterocycles. The Morgan fingerprint density at radius 2 is 1.73 bits per heavy atom. The molecule has 0 aliphatic carbocycles. The van der Waals surface area contributed by atoms with Gasteiger partial charge in [-0.1, -0.05) is 13.8 Å². The van der Waals surface area contributed by atoms with Crippen molar-refractivity contribution < 1.29 is 0 Å². The molecule has 2 heteroatoms. The smallest absolute Gasteiger partial charge is 0.0302 e. The van der Waals surface area contributed by atoms with Crippen LogP contribution in [0.1, 0.15) is 39.7 Å². The van der Waals surface area contributed by atoms with Gasteiger partial charge in [-0.2, -0.15) is 0 Å². The van der Waals surface area contributed by atoms with E-state index in [-0.39, 0.29) is 0 Å². The fraction of sp³-hybridized carbons (Fsp3) is 0.692. The third-order valence-electron chi connectivity index (χ3n) is 3.13. The summed E-state index contributed by atoms with van der Waals surface area (Å²) in [5.74, 6) is 0. The van der Waals surface area contributed by atoms with Gasteiger partial charge in [0.15, 0.2) is 0 Å². The predicted molar refractivity (Wildman–Crippen MR) is 66.2 cm³/mol. The molecule has 1 unspecified atom stereocenters. The molecule has 1 atom stereocenters. The third kappa shape index (κ3) is 4.08. The van der Waals surface area contributed by atoms with Gasteiger partial charge in [0.25, 0.3) is 0 Å². The largest absolute Gasteiger partial charge is 0.352 e. The highest BCUT2D eigenvalue weighted by molar-refractivity contribution is 4.92. The Morgan fingerprint density at radius 3 is 2.27 bits per heavy atom. The summed E-state index contributed by atoms with van der Waals surface area (Å²) in [5.41, 5.74) is 0. The molecule has 0 bridgehead atoms. The fourth-order valence-electron chi connectivity index (χ4n) is 1.94. The van der Waals surface area contributed by atoms with E-state index in [4.69, 9.17) is 0 Å². The lowest BCUT2D eigenvalue weighted by atomic mass is 10.1. The maximum Gasteiger partial charge on any atom is 0.0302 e. The van der Waals surface area contributed by atoms with Gasteiger partial charge in [-0.15, -0.1) is 0 Å². The first kappa shape index (κ1) is 12.3. The Bertz CT molecular complexity index is 237. The van der Waals surface area contributed by atoms with E-state index in [1.165, 1.54) is 32.5 Å². The van der Waals surface area contributed by atoms with Gasteiger partial charge in [-0.25, -0.2) is 0 Å². The van der Waals surface area contributed by atoms with E-state index in [1.807, 2.05) is 0 Å². The molecule has 86 valence electrons. The highest BCUT2D eigenvalue weighted by Gasteiger charge is 2.04. The predicted octanol–water partition coefficient (Wildman–Crippen LogP) is 3.17. The number of nitrogens with zero attached hydrogens (tertiary/aromatic N) is 2. The van der Waals surface area contributed by atoms with Crippen molar-refractivity contribution in [2.75, 3.05) is 19.6 Å². The zero-order chi connectivity index (χ0) is 11.1. The van der Waals surface area contributed by atoms with Crippen LogP contribution in [0.25, 0.3) is 0 Å². The minimum atomic E-state index is 0.635. The first-order valence-corrected chi connectivity index (χ1v) is 6.12. The molecule has 0 saturated carbocycles. The van der Waals surface area contributed by atoms with Gasteiger partial charge in [0.1, 0.15) is 0 Å². The second-order valence-electron chi connectivity index (χ2n) is 4.15. The van der Waals surface area contributed by atoms with Crippen molar-refractivity contribution in [1.29, 1.82) is 0 Å². The summed E-state index contributed by atoms with van der Waals surface area (Å²) in [4.78, 5) is 2.49. The van der Waals surface area contributed by atoms with Crippen LogP contribution in [0.15, 0.2) is 24.5 Å². The van der Waals surface area contributed by atoms with Crippen LogP contribution in [0.5, 0.6) is 0 Å². The van der Waals surface area contributed by atoms with Gasteiger partial charge < -0.3 is 9.47 Å². The van der Waals surface area contributed by atoms with E-state index in [2.05, 4.69) is 54.8 Å². The normalized spacial score (nSPS) is 13.3. The number of rotatable bonds is 7. The lowest BCUT2D eigenvalue weighted by Crippen LogP contribution is -2.24. The van der Waals surface area contributed by atoms with E-state index in [9.17, 15) is 0 Å². The first-order chi connectivity index (χ1) is 7.27. The maximum absolute atomic E-state index is 2.49. The van der Waals surface area contributed by atoms with Crippen molar-refractivity contribution in [2.24, 2.45) is 0 Å². The van der Waals surface area contributed by atoms with Crippen LogP contribution < -0.4 is 0 Å². The zero-order valence-electron chi connectivity index (χ0n) is 10.3. The van der Waals surface area contributed by atoms with Crippen LogP contribution >= 0.6 is 0 Å². The zero-order valence-corrected chi connectivity index (χ0v) is 10.3. The summed E-state index contributed by atoms with van der Waals surface area (Å²) in [5, 5.41) is 0. The van der Waals surface area contributed by atoms with Crippen molar-refractivity contribution in [2.45, 2.75) is 39.7 Å². The van der Waals surface area contributed by atoms with Gasteiger partial charge in [0, 0.05) is 18.4 Å². The minimum Gasteiger partial charge on any atom is -0.352 e. The standard InChI is InChI=1S/C13H24N2/c1-4-14(5-2)10-8-9-13(3)15-11-6-7-12-15/h6-7,11-13H,4-5,8-10H2,1-3H3. The lowest BCUT2D eigenvalue weighted by molar-refractivity contribution is 0.288. The molecule has 0 radical (unpaired) electrons. The summed E-state index contributed by atoms with van der Waals surface area (Å²) in [6.07, 6.45) is 6.87. The number of hydrogen-bond donors (Lipinski definition) is 0. The fourth-order valence-corrected chi connectivity index (χ4v) is 1.94. The van der Waals surface area contributed by atoms with Crippen molar-refractivity contribution in [3.63, 3.8) is 0 Å². The molecule has 0 aliphatic heterocycles. The molecule has 1 aromatic heterocycles. The van der Waals surface area contributed by atoms with E-state index < -0.39 is 0 Å². The summed E-state index contributed by atoms with van der Waals surface area (Å²) in [6, 6.07) is 4.83. The van der Waals surface area contributed by atoms with Crippen LogP contribution in [0.3, 0.4) is 0 Å². The van der Waals surface area contributed by atoms with E-state index in [0.29, 0.717) is 6.04 Å². The van der Waals surface area contributed by atoms with Crippen LogP contribution in [-0.2, 0) is 0 Å². The SMILES string of the molecule is CCN(CC)CCCC(C)n1cccc1. The van der Waals surface area contributed by atoms with E-state index >= 15 is 0 Å². The number of hydrogen-bond acceptors (Lipinski definition) is 1. The molecule has 1 aromatic rings. The third-order valence-corrected chi connectivity index (χ3v) is 3.13. The molecule has 2 nitrogen and oxygen atoms in total. The summed E-state index contributed by atoms with van der Waals surface area (Å²) < 4.78 is 2.29. The Labute approximate surface area is 93.9 Å². The summed E-state index contributed by atoms with van der Waals surface area (Å²) >= 11 is 0. The lowest BCUT2D eigenvalue weighted by Gasteiger charge is -2.19. The average molecular weight is 208 g/mol. The van der Waals surface area contributed by atoms with Gasteiger partial charge in [0.2, 0.25) is 0 Å². The quantitative estimate of drug-likeness (QED) is 0.668. The molecule has 0 aliphatic rings. The van der Waals surface area contributed by atoms with E-state index in [0.717, 1.165) is 0 Å². The summed E-state index contributed by atoms with van der Waals surface area (Å²) in [7, 11) is 0. The van der Waals surface area contributed by atoms with Crippen LogP contribution in [0, 0.1) is 0 Å². The van der Waals surface area contributed by atoms with Crippen LogP contribution in [0.2, 0.25) is 0 Å². The molecule has 0 fully saturated rings. The highest BCUT2D eigenvalue weighted by Crippen LogP contribution is 2.13. The molecule has 0 N–H and O–H groups in total. The molecular formula is C13H24N2. The monoisotopic (exact) mass is 208 g/mol. The average Bonchev–Trinajstić information content (AvgIpc) is 2.77. The minimum absolute atomic E-state index is 0.635. The van der Waals surface area contributed by atoms with Gasteiger partial charge in [-0.05, 0) is 51.5 Å². The van der Waals surface area contributed by atoms with Gasteiger partial charge in [0.05, 0.1) is 0 Å². The number of aromatic nitrogens is 1. The summed E-state index contributed by atoms with van der Waals surface area (Å²) in [6.45, 7) is 10.3.